The van der Waals surface area contributed by atoms with Crippen molar-refractivity contribution in [3.05, 3.63) is 77.0 Å². The summed E-state index contributed by atoms with van der Waals surface area (Å²) in [5, 5.41) is 4.93. The molecule has 6 heteroatoms. The molecule has 0 bridgehead atoms. The van der Waals surface area contributed by atoms with Gasteiger partial charge in [0.15, 0.2) is 0 Å². The molecule has 0 fully saturated rings. The van der Waals surface area contributed by atoms with Gasteiger partial charge in [-0.2, -0.15) is 5.10 Å². The molecule has 2 aromatic carbocycles. The summed E-state index contributed by atoms with van der Waals surface area (Å²) >= 11 is 6.59. The number of benzene rings is 2. The lowest BCUT2D eigenvalue weighted by Crippen LogP contribution is -1.96. The van der Waals surface area contributed by atoms with Gasteiger partial charge in [0.25, 0.3) is 0 Å². The lowest BCUT2D eigenvalue weighted by molar-refractivity contribution is 0.627. The zero-order chi connectivity index (χ0) is 18.3. The van der Waals surface area contributed by atoms with Crippen LogP contribution >= 0.6 is 11.6 Å². The predicted molar refractivity (Wildman–Crippen MR) is 101 cm³/mol. The van der Waals surface area contributed by atoms with Crippen LogP contribution in [0, 0.1) is 19.7 Å². The van der Waals surface area contributed by atoms with Gasteiger partial charge >= 0.3 is 0 Å². The third-order valence-corrected chi connectivity index (χ3v) is 4.59. The Labute approximate surface area is 155 Å². The fraction of sp³-hybridized carbons (Fsp3) is 0.100. The largest absolute Gasteiger partial charge is 0.341 e. The molecule has 4 aromatic rings. The van der Waals surface area contributed by atoms with Crippen molar-refractivity contribution < 1.29 is 4.39 Å². The standard InChI is InChI=1S/C20H16ClFN4/c1-12-17(19(21)26(25-12)16-10-8-15(22)9-11-16)20-23-13(2)18(24-20)14-6-4-3-5-7-14/h3-11H,1-2H3,(H,23,24). The van der Waals surface area contributed by atoms with Gasteiger partial charge in [-0.15, -0.1) is 0 Å². The average molecular weight is 367 g/mol. The molecule has 0 aliphatic carbocycles. The van der Waals surface area contributed by atoms with Gasteiger partial charge in [-0.05, 0) is 38.1 Å². The Bertz CT molecular complexity index is 1070. The van der Waals surface area contributed by atoms with E-state index in [1.165, 1.54) is 12.1 Å². The Morgan fingerprint density at radius 2 is 1.69 bits per heavy atom. The molecule has 2 aromatic heterocycles. The van der Waals surface area contributed by atoms with E-state index in [0.29, 0.717) is 16.7 Å². The molecule has 0 spiro atoms. The number of nitrogens with one attached hydrogen (secondary N) is 1. The number of aromatic amines is 1. The van der Waals surface area contributed by atoms with Crippen LogP contribution in [0.25, 0.3) is 28.3 Å². The second kappa shape index (κ2) is 6.42. The maximum Gasteiger partial charge on any atom is 0.144 e. The topological polar surface area (TPSA) is 46.5 Å². The molecule has 0 aliphatic heterocycles. The fourth-order valence-electron chi connectivity index (χ4n) is 2.98. The third kappa shape index (κ3) is 2.80. The normalized spacial score (nSPS) is 11.1. The first kappa shape index (κ1) is 16.5. The monoisotopic (exact) mass is 366 g/mol. The molecule has 0 unspecified atom stereocenters. The first-order chi connectivity index (χ1) is 12.5. The van der Waals surface area contributed by atoms with E-state index in [1.54, 1.807) is 16.8 Å². The number of aromatic nitrogens is 4. The Balaban J connectivity index is 1.81. The van der Waals surface area contributed by atoms with E-state index in [1.807, 2.05) is 44.2 Å². The number of H-pyrrole nitrogens is 1. The minimum atomic E-state index is -0.303. The van der Waals surface area contributed by atoms with Crippen molar-refractivity contribution in [2.75, 3.05) is 0 Å². The van der Waals surface area contributed by atoms with Crippen molar-refractivity contribution >= 4 is 11.6 Å². The van der Waals surface area contributed by atoms with Crippen LogP contribution in [0.15, 0.2) is 54.6 Å². The van der Waals surface area contributed by atoms with Gasteiger partial charge < -0.3 is 4.98 Å². The second-order valence-corrected chi connectivity index (χ2v) is 6.42. The summed E-state index contributed by atoms with van der Waals surface area (Å²) in [7, 11) is 0. The van der Waals surface area contributed by atoms with Crippen molar-refractivity contribution in [2.45, 2.75) is 13.8 Å². The number of halogens is 2. The highest BCUT2D eigenvalue weighted by atomic mass is 35.5. The van der Waals surface area contributed by atoms with Gasteiger partial charge in [0.05, 0.1) is 22.6 Å². The van der Waals surface area contributed by atoms with E-state index >= 15 is 0 Å². The van der Waals surface area contributed by atoms with Crippen LogP contribution in [0.5, 0.6) is 0 Å². The quantitative estimate of drug-likeness (QED) is 0.532. The minimum Gasteiger partial charge on any atom is -0.341 e. The summed E-state index contributed by atoms with van der Waals surface area (Å²) in [6.07, 6.45) is 0. The van der Waals surface area contributed by atoms with Crippen LogP contribution in [-0.2, 0) is 0 Å². The zero-order valence-corrected chi connectivity index (χ0v) is 15.0. The molecule has 4 nitrogen and oxygen atoms in total. The summed E-state index contributed by atoms with van der Waals surface area (Å²) in [4.78, 5) is 8.05. The Hall–Kier alpha value is -2.92. The van der Waals surface area contributed by atoms with Gasteiger partial charge in [-0.25, -0.2) is 14.1 Å². The maximum atomic E-state index is 13.2. The molecule has 0 saturated carbocycles. The highest BCUT2D eigenvalue weighted by Crippen LogP contribution is 2.33. The van der Waals surface area contributed by atoms with E-state index in [2.05, 4.69) is 10.1 Å². The lowest BCUT2D eigenvalue weighted by Gasteiger charge is -2.03. The highest BCUT2D eigenvalue weighted by Gasteiger charge is 2.20. The van der Waals surface area contributed by atoms with Crippen LogP contribution in [0.2, 0.25) is 5.15 Å². The predicted octanol–water partition coefficient (Wildman–Crippen LogP) is 5.34. The Kier molecular flexibility index (Phi) is 4.09. The van der Waals surface area contributed by atoms with Crippen molar-refractivity contribution in [1.29, 1.82) is 0 Å². The van der Waals surface area contributed by atoms with E-state index < -0.39 is 0 Å². The summed E-state index contributed by atoms with van der Waals surface area (Å²) in [5.74, 6) is 0.361. The van der Waals surface area contributed by atoms with E-state index in [9.17, 15) is 4.39 Å². The number of imidazole rings is 1. The molecule has 0 aliphatic rings. The van der Waals surface area contributed by atoms with Crippen LogP contribution in [0.1, 0.15) is 11.4 Å². The van der Waals surface area contributed by atoms with E-state index in [4.69, 9.17) is 16.6 Å². The SMILES string of the molecule is Cc1nn(-c2ccc(F)cc2)c(Cl)c1-c1nc(-c2ccccc2)c(C)[nH]1. The number of hydrogen-bond donors (Lipinski definition) is 1. The molecule has 4 rings (SSSR count). The summed E-state index contributed by atoms with van der Waals surface area (Å²) < 4.78 is 14.8. The second-order valence-electron chi connectivity index (χ2n) is 6.06. The molecule has 0 atom stereocenters. The average Bonchev–Trinajstić information content (AvgIpc) is 3.16. The molecule has 0 radical (unpaired) electrons. The Morgan fingerprint density at radius 3 is 2.38 bits per heavy atom. The molecule has 0 amide bonds. The smallest absolute Gasteiger partial charge is 0.144 e. The molecule has 2 heterocycles. The van der Waals surface area contributed by atoms with Gasteiger partial charge in [0.1, 0.15) is 16.8 Å². The summed E-state index contributed by atoms with van der Waals surface area (Å²) in [6.45, 7) is 3.85. The van der Waals surface area contributed by atoms with Gasteiger partial charge in [0.2, 0.25) is 0 Å². The molecular formula is C20H16ClFN4. The van der Waals surface area contributed by atoms with Crippen molar-refractivity contribution in [3.63, 3.8) is 0 Å². The molecule has 26 heavy (non-hydrogen) atoms. The van der Waals surface area contributed by atoms with Crippen molar-refractivity contribution in [1.82, 2.24) is 19.7 Å². The summed E-state index contributed by atoms with van der Waals surface area (Å²) in [5.41, 5.74) is 5.04. The molecule has 0 saturated heterocycles. The Morgan fingerprint density at radius 1 is 1.00 bits per heavy atom. The first-order valence-corrected chi connectivity index (χ1v) is 8.56. The highest BCUT2D eigenvalue weighted by molar-refractivity contribution is 6.32. The molecule has 1 N–H and O–H groups in total. The molecular weight excluding hydrogens is 351 g/mol. The van der Waals surface area contributed by atoms with Crippen LogP contribution < -0.4 is 0 Å². The van der Waals surface area contributed by atoms with Crippen molar-refractivity contribution in [2.24, 2.45) is 0 Å². The summed E-state index contributed by atoms with van der Waals surface area (Å²) in [6, 6.07) is 16.0. The lowest BCUT2D eigenvalue weighted by atomic mass is 10.1. The number of hydrogen-bond acceptors (Lipinski definition) is 2. The van der Waals surface area contributed by atoms with Gasteiger partial charge in [-0.3, -0.25) is 0 Å². The third-order valence-electron chi connectivity index (χ3n) is 4.24. The van der Waals surface area contributed by atoms with E-state index in [-0.39, 0.29) is 5.82 Å². The van der Waals surface area contributed by atoms with Crippen LogP contribution in [0.3, 0.4) is 0 Å². The van der Waals surface area contributed by atoms with Gasteiger partial charge in [0, 0.05) is 11.3 Å². The van der Waals surface area contributed by atoms with Gasteiger partial charge in [-0.1, -0.05) is 41.9 Å². The van der Waals surface area contributed by atoms with Crippen LogP contribution in [0.4, 0.5) is 4.39 Å². The molecule has 130 valence electrons. The first-order valence-electron chi connectivity index (χ1n) is 8.18. The van der Waals surface area contributed by atoms with E-state index in [0.717, 1.165) is 28.2 Å². The maximum absolute atomic E-state index is 13.2. The number of rotatable bonds is 3. The van der Waals surface area contributed by atoms with Crippen LogP contribution in [-0.4, -0.2) is 19.7 Å². The van der Waals surface area contributed by atoms with Crippen molar-refractivity contribution in [3.8, 4) is 28.3 Å². The number of nitrogens with zero attached hydrogens (tertiary/aromatic N) is 3. The minimum absolute atomic E-state index is 0.303. The number of aryl methyl sites for hydroxylation is 2. The fourth-order valence-corrected chi connectivity index (χ4v) is 3.34. The zero-order valence-electron chi connectivity index (χ0n) is 14.3.